The van der Waals surface area contributed by atoms with E-state index in [4.69, 9.17) is 7.48 Å². The molecule has 0 aliphatic carbocycles. The standard InChI is InChI=1S/C21H19FN2O2/c22-16-9-12(6-7-13(16)17-5-2-8-23-17)21-15-10-26-11-19(25)14-3-1-4-18(24-21)20(14)15/h1,3-4,6-7,9,17,23-24H,2,5,8,10-11H2/t17-/m1/s1/i10D2. The van der Waals surface area contributed by atoms with Crippen molar-refractivity contribution < 1.29 is 16.7 Å². The zero-order valence-electron chi connectivity index (χ0n) is 16.1. The Labute approximate surface area is 153 Å². The molecule has 3 aromatic rings. The molecule has 5 rings (SSSR count). The minimum Gasteiger partial charge on any atom is -0.369 e. The first kappa shape index (κ1) is 13.7. The Balaban J connectivity index is 1.72. The molecule has 1 atom stereocenters. The van der Waals surface area contributed by atoms with Crippen molar-refractivity contribution in [2.75, 3.05) is 13.2 Å². The third-order valence-electron chi connectivity index (χ3n) is 5.23. The number of nitrogens with one attached hydrogen (secondary N) is 2. The number of aromatic nitrogens is 1. The van der Waals surface area contributed by atoms with Gasteiger partial charge >= 0.3 is 0 Å². The summed E-state index contributed by atoms with van der Waals surface area (Å²) in [5.74, 6) is -0.596. The number of hydrogen-bond acceptors (Lipinski definition) is 3. The quantitative estimate of drug-likeness (QED) is 0.730. The first-order chi connectivity index (χ1) is 13.5. The van der Waals surface area contributed by atoms with E-state index in [9.17, 15) is 9.18 Å². The van der Waals surface area contributed by atoms with Gasteiger partial charge in [0.05, 0.1) is 15.0 Å². The van der Waals surface area contributed by atoms with Crippen molar-refractivity contribution in [1.82, 2.24) is 10.3 Å². The van der Waals surface area contributed by atoms with E-state index in [1.165, 1.54) is 6.07 Å². The summed E-state index contributed by atoms with van der Waals surface area (Å²) in [7, 11) is 0. The number of halogens is 1. The van der Waals surface area contributed by atoms with E-state index in [1.807, 2.05) is 0 Å². The molecule has 0 saturated carbocycles. The van der Waals surface area contributed by atoms with Crippen LogP contribution in [0.25, 0.3) is 22.2 Å². The maximum Gasteiger partial charge on any atom is 0.189 e. The van der Waals surface area contributed by atoms with E-state index >= 15 is 0 Å². The predicted molar refractivity (Wildman–Crippen MR) is 97.7 cm³/mol. The van der Waals surface area contributed by atoms with Crippen LogP contribution in [0.5, 0.6) is 0 Å². The Hall–Kier alpha value is -2.50. The van der Waals surface area contributed by atoms with E-state index in [2.05, 4.69) is 10.3 Å². The van der Waals surface area contributed by atoms with Gasteiger partial charge in [0.2, 0.25) is 0 Å². The summed E-state index contributed by atoms with van der Waals surface area (Å²) in [4.78, 5) is 15.6. The highest BCUT2D eigenvalue weighted by atomic mass is 19.1. The first-order valence-electron chi connectivity index (χ1n) is 9.81. The van der Waals surface area contributed by atoms with Crippen molar-refractivity contribution in [1.29, 1.82) is 0 Å². The number of ketones is 1. The topological polar surface area (TPSA) is 54.1 Å². The lowest BCUT2D eigenvalue weighted by atomic mass is 9.98. The first-order valence-corrected chi connectivity index (χ1v) is 8.81. The summed E-state index contributed by atoms with van der Waals surface area (Å²) in [6, 6.07) is 10.2. The van der Waals surface area contributed by atoms with Crippen LogP contribution >= 0.6 is 0 Å². The zero-order chi connectivity index (χ0) is 19.5. The SMILES string of the molecule is [2H]C1([2H])OCC(=O)c2cccc3[nH]c(-c4ccc([C@H]5CCCN5)c(F)c4)c1c23. The molecule has 1 aromatic heterocycles. The highest BCUT2D eigenvalue weighted by Crippen LogP contribution is 2.36. The Morgan fingerprint density at radius 1 is 1.27 bits per heavy atom. The molecule has 0 unspecified atom stereocenters. The second kappa shape index (κ2) is 6.04. The average molecular weight is 352 g/mol. The minimum absolute atomic E-state index is 0.0114. The molecule has 0 spiro atoms. The number of carbonyl (C=O) groups is 1. The van der Waals surface area contributed by atoms with Crippen LogP contribution in [0.15, 0.2) is 36.4 Å². The van der Waals surface area contributed by atoms with Crippen LogP contribution in [0.1, 0.15) is 43.1 Å². The van der Waals surface area contributed by atoms with Crippen molar-refractivity contribution >= 4 is 16.7 Å². The fraction of sp³-hybridized carbons (Fsp3) is 0.286. The van der Waals surface area contributed by atoms with Gasteiger partial charge in [-0.25, -0.2) is 4.39 Å². The Morgan fingerprint density at radius 3 is 3.00 bits per heavy atom. The van der Waals surface area contributed by atoms with Crippen molar-refractivity contribution in [3.05, 3.63) is 58.9 Å². The average Bonchev–Trinajstić information content (AvgIpc) is 3.31. The van der Waals surface area contributed by atoms with Crippen LogP contribution < -0.4 is 5.32 Å². The monoisotopic (exact) mass is 352 g/mol. The maximum atomic E-state index is 14.9. The molecule has 2 aliphatic rings. The third-order valence-corrected chi connectivity index (χ3v) is 5.23. The van der Waals surface area contributed by atoms with E-state index in [-0.39, 0.29) is 29.8 Å². The van der Waals surface area contributed by atoms with Gasteiger partial charge in [-0.1, -0.05) is 24.3 Å². The van der Waals surface area contributed by atoms with Crippen molar-refractivity contribution in [2.45, 2.75) is 25.4 Å². The van der Waals surface area contributed by atoms with Crippen LogP contribution in [0.4, 0.5) is 4.39 Å². The van der Waals surface area contributed by atoms with Crippen LogP contribution in [-0.4, -0.2) is 23.9 Å². The number of Topliss-reactive ketones (excluding diaryl/α,β-unsaturated/α-hetero) is 1. The van der Waals surface area contributed by atoms with Gasteiger partial charge in [0, 0.05) is 39.2 Å². The highest BCUT2D eigenvalue weighted by Gasteiger charge is 2.24. The normalized spacial score (nSPS) is 23.0. The molecule has 5 heteroatoms. The fourth-order valence-electron chi connectivity index (χ4n) is 3.97. The molecular weight excluding hydrogens is 331 g/mol. The van der Waals surface area contributed by atoms with E-state index < -0.39 is 6.56 Å². The number of ether oxygens (including phenoxy) is 1. The second-order valence-electron chi connectivity index (χ2n) is 6.80. The number of carbonyl (C=O) groups excluding carboxylic acids is 1. The summed E-state index contributed by atoms with van der Waals surface area (Å²) >= 11 is 0. The molecule has 2 aliphatic heterocycles. The van der Waals surface area contributed by atoms with Crippen molar-refractivity contribution in [2.24, 2.45) is 0 Å². The van der Waals surface area contributed by atoms with Crippen LogP contribution in [0.3, 0.4) is 0 Å². The zero-order valence-corrected chi connectivity index (χ0v) is 14.1. The highest BCUT2D eigenvalue weighted by molar-refractivity contribution is 6.11. The number of rotatable bonds is 2. The lowest BCUT2D eigenvalue weighted by Gasteiger charge is -2.13. The largest absolute Gasteiger partial charge is 0.369 e. The number of aromatic amines is 1. The van der Waals surface area contributed by atoms with E-state index in [1.54, 1.807) is 30.3 Å². The van der Waals surface area contributed by atoms with Gasteiger partial charge in [-0.2, -0.15) is 0 Å². The van der Waals surface area contributed by atoms with Gasteiger partial charge in [-0.15, -0.1) is 0 Å². The number of hydrogen-bond donors (Lipinski definition) is 2. The summed E-state index contributed by atoms with van der Waals surface area (Å²) in [5.41, 5.74) is 2.88. The van der Waals surface area contributed by atoms with Crippen molar-refractivity contribution in [3.63, 3.8) is 0 Å². The molecule has 1 fully saturated rings. The smallest absolute Gasteiger partial charge is 0.189 e. The second-order valence-corrected chi connectivity index (χ2v) is 6.80. The van der Waals surface area contributed by atoms with Crippen molar-refractivity contribution in [3.8, 4) is 11.3 Å². The predicted octanol–water partition coefficient (Wildman–Crippen LogP) is 4.11. The lowest BCUT2D eigenvalue weighted by molar-refractivity contribution is 0.0742. The van der Waals surface area contributed by atoms with E-state index in [0.717, 1.165) is 19.4 Å². The van der Waals surface area contributed by atoms with Gasteiger partial charge in [0.15, 0.2) is 5.78 Å². The van der Waals surface area contributed by atoms with Gasteiger partial charge in [-0.3, -0.25) is 4.79 Å². The van der Waals surface area contributed by atoms with Crippen LogP contribution in [0.2, 0.25) is 0 Å². The third kappa shape index (κ3) is 2.39. The summed E-state index contributed by atoms with van der Waals surface area (Å²) in [5, 5.41) is 3.80. The Bertz CT molecular complexity index is 1100. The van der Waals surface area contributed by atoms with Crippen LogP contribution in [-0.2, 0) is 11.3 Å². The summed E-state index contributed by atoms with van der Waals surface area (Å²) in [6.45, 7) is -1.62. The molecule has 26 heavy (non-hydrogen) atoms. The van der Waals surface area contributed by atoms with E-state index in [0.29, 0.717) is 33.3 Å². The molecule has 3 heterocycles. The van der Waals surface area contributed by atoms with Gasteiger partial charge < -0.3 is 15.0 Å². The van der Waals surface area contributed by atoms with Gasteiger partial charge in [0.25, 0.3) is 0 Å². The molecule has 0 radical (unpaired) electrons. The summed E-state index contributed by atoms with van der Waals surface area (Å²) < 4.78 is 36.9. The lowest BCUT2D eigenvalue weighted by Crippen LogP contribution is -2.14. The number of H-pyrrole nitrogens is 1. The molecule has 2 aromatic carbocycles. The molecular formula is C21H19FN2O2. The molecule has 132 valence electrons. The molecule has 0 bridgehead atoms. The van der Waals surface area contributed by atoms with Gasteiger partial charge in [0.1, 0.15) is 12.4 Å². The number of benzene rings is 2. The molecule has 2 N–H and O–H groups in total. The molecule has 0 amide bonds. The Kier molecular flexibility index (Phi) is 3.18. The molecule has 1 saturated heterocycles. The van der Waals surface area contributed by atoms with Crippen LogP contribution in [0, 0.1) is 5.82 Å². The fourth-order valence-corrected chi connectivity index (χ4v) is 3.97. The summed E-state index contributed by atoms with van der Waals surface area (Å²) in [6.07, 6.45) is 1.92. The Morgan fingerprint density at radius 2 is 2.19 bits per heavy atom. The maximum absolute atomic E-state index is 14.9. The minimum atomic E-state index is -2.17. The van der Waals surface area contributed by atoms with Gasteiger partial charge in [-0.05, 0) is 31.5 Å². The molecule has 4 nitrogen and oxygen atoms in total.